The van der Waals surface area contributed by atoms with Gasteiger partial charge in [-0.2, -0.15) is 0 Å². The maximum absolute atomic E-state index is 12.1. The third-order valence-corrected chi connectivity index (χ3v) is 4.65. The van der Waals surface area contributed by atoms with Crippen molar-refractivity contribution in [2.75, 3.05) is 19.5 Å². The molecule has 0 atom stereocenters. The summed E-state index contributed by atoms with van der Waals surface area (Å²) in [6.07, 6.45) is 5.56. The second-order valence-corrected chi connectivity index (χ2v) is 6.11. The second kappa shape index (κ2) is 8.01. The average molecular weight is 343 g/mol. The number of ether oxygens (including phenoxy) is 2. The molecule has 0 amide bonds. The Morgan fingerprint density at radius 3 is 2.72 bits per heavy atom. The van der Waals surface area contributed by atoms with Crippen molar-refractivity contribution in [1.29, 1.82) is 0 Å². The number of carbonyl (C=O) groups is 2. The summed E-state index contributed by atoms with van der Waals surface area (Å²) >= 11 is 0. The van der Waals surface area contributed by atoms with Gasteiger partial charge in [0.25, 0.3) is 0 Å². The molecular formula is C20H25NO4. The largest absolute Gasteiger partial charge is 0.469 e. The number of hydrogen-bond acceptors (Lipinski definition) is 5. The van der Waals surface area contributed by atoms with Gasteiger partial charge in [-0.3, -0.25) is 4.79 Å². The Hall–Kier alpha value is -2.56. The van der Waals surface area contributed by atoms with Crippen LogP contribution < -0.4 is 5.32 Å². The highest BCUT2D eigenvalue weighted by Gasteiger charge is 2.30. The predicted octanol–water partition coefficient (Wildman–Crippen LogP) is 3.79. The topological polar surface area (TPSA) is 64.6 Å². The van der Waals surface area contributed by atoms with Crippen LogP contribution in [0.4, 0.5) is 5.69 Å². The van der Waals surface area contributed by atoms with Crippen LogP contribution in [-0.2, 0) is 27.3 Å². The summed E-state index contributed by atoms with van der Waals surface area (Å²) in [5.41, 5.74) is 6.53. The SMILES string of the molecule is C=Cc1c(C)c2c(c(NC)c1C/C=C(\C)CCC(=O)OC)C(=O)OC2. The van der Waals surface area contributed by atoms with Crippen LogP contribution in [-0.4, -0.2) is 26.1 Å². The maximum Gasteiger partial charge on any atom is 0.341 e. The van der Waals surface area contributed by atoms with Crippen LogP contribution in [0.2, 0.25) is 0 Å². The molecule has 5 heteroatoms. The highest BCUT2D eigenvalue weighted by atomic mass is 16.5. The Bertz CT molecular complexity index is 747. The number of nitrogens with one attached hydrogen (secondary N) is 1. The summed E-state index contributed by atoms with van der Waals surface area (Å²) in [4.78, 5) is 23.4. The number of benzene rings is 1. The molecule has 0 radical (unpaired) electrons. The zero-order chi connectivity index (χ0) is 18.6. The van der Waals surface area contributed by atoms with E-state index in [1.54, 1.807) is 7.05 Å². The number of fused-ring (bicyclic) bond motifs is 1. The summed E-state index contributed by atoms with van der Waals surface area (Å²) < 4.78 is 9.90. The van der Waals surface area contributed by atoms with E-state index >= 15 is 0 Å². The van der Waals surface area contributed by atoms with Crippen molar-refractivity contribution in [2.24, 2.45) is 0 Å². The van der Waals surface area contributed by atoms with Gasteiger partial charge in [0.15, 0.2) is 0 Å². The Kier molecular flexibility index (Phi) is 6.02. The van der Waals surface area contributed by atoms with Crippen LogP contribution in [0.15, 0.2) is 18.2 Å². The molecule has 0 aliphatic carbocycles. The van der Waals surface area contributed by atoms with Crippen molar-refractivity contribution < 1.29 is 19.1 Å². The van der Waals surface area contributed by atoms with E-state index in [1.165, 1.54) is 7.11 Å². The zero-order valence-electron chi connectivity index (χ0n) is 15.3. The zero-order valence-corrected chi connectivity index (χ0v) is 15.3. The Labute approximate surface area is 148 Å². The fraction of sp³-hybridized carbons (Fsp3) is 0.400. The van der Waals surface area contributed by atoms with E-state index in [9.17, 15) is 9.59 Å². The third-order valence-electron chi connectivity index (χ3n) is 4.65. The summed E-state index contributed by atoms with van der Waals surface area (Å²) in [5.74, 6) is -0.503. The van der Waals surface area contributed by atoms with Gasteiger partial charge in [-0.15, -0.1) is 0 Å². The van der Waals surface area contributed by atoms with Gasteiger partial charge in [-0.05, 0) is 43.4 Å². The Balaban J connectivity index is 2.38. The van der Waals surface area contributed by atoms with Crippen LogP contribution in [0.1, 0.15) is 52.4 Å². The first-order valence-electron chi connectivity index (χ1n) is 8.32. The molecule has 1 aromatic carbocycles. The van der Waals surface area contributed by atoms with Crippen LogP contribution >= 0.6 is 0 Å². The lowest BCUT2D eigenvalue weighted by molar-refractivity contribution is -0.140. The van der Waals surface area contributed by atoms with Gasteiger partial charge in [0.1, 0.15) is 6.61 Å². The molecule has 0 saturated carbocycles. The number of rotatable bonds is 7. The van der Waals surface area contributed by atoms with E-state index < -0.39 is 0 Å². The fourth-order valence-corrected chi connectivity index (χ4v) is 3.17. The third kappa shape index (κ3) is 3.76. The van der Waals surface area contributed by atoms with Crippen LogP contribution in [0, 0.1) is 6.92 Å². The van der Waals surface area contributed by atoms with Crippen molar-refractivity contribution in [1.82, 2.24) is 0 Å². The molecule has 1 aliphatic heterocycles. The molecule has 0 aromatic heterocycles. The van der Waals surface area contributed by atoms with Gasteiger partial charge >= 0.3 is 11.9 Å². The van der Waals surface area contributed by atoms with Gasteiger partial charge in [-0.1, -0.05) is 24.3 Å². The molecule has 1 aromatic rings. The Morgan fingerprint density at radius 1 is 1.40 bits per heavy atom. The molecule has 0 unspecified atom stereocenters. The molecule has 1 aliphatic rings. The smallest absolute Gasteiger partial charge is 0.341 e. The first-order chi connectivity index (χ1) is 11.9. The van der Waals surface area contributed by atoms with E-state index in [4.69, 9.17) is 4.74 Å². The molecule has 1 heterocycles. The molecule has 1 N–H and O–H groups in total. The second-order valence-electron chi connectivity index (χ2n) is 6.11. The van der Waals surface area contributed by atoms with E-state index in [2.05, 4.69) is 22.7 Å². The van der Waals surface area contributed by atoms with E-state index in [0.717, 1.165) is 33.5 Å². The number of methoxy groups -OCH3 is 1. The minimum absolute atomic E-state index is 0.216. The minimum atomic E-state index is -0.286. The molecule has 0 saturated heterocycles. The fourth-order valence-electron chi connectivity index (χ4n) is 3.17. The Morgan fingerprint density at radius 2 is 2.12 bits per heavy atom. The van der Waals surface area contributed by atoms with Crippen molar-refractivity contribution >= 4 is 23.7 Å². The van der Waals surface area contributed by atoms with Gasteiger partial charge in [-0.25, -0.2) is 4.79 Å². The molecular weight excluding hydrogens is 318 g/mol. The lowest BCUT2D eigenvalue weighted by Crippen LogP contribution is -2.08. The molecule has 0 bridgehead atoms. The number of carbonyl (C=O) groups excluding carboxylic acids is 2. The van der Waals surface area contributed by atoms with Crippen molar-refractivity contribution in [3.63, 3.8) is 0 Å². The molecule has 2 rings (SSSR count). The van der Waals surface area contributed by atoms with Gasteiger partial charge in [0.05, 0.1) is 18.4 Å². The van der Waals surface area contributed by atoms with Gasteiger partial charge in [0.2, 0.25) is 0 Å². The van der Waals surface area contributed by atoms with E-state index in [-0.39, 0.29) is 11.9 Å². The van der Waals surface area contributed by atoms with Crippen LogP contribution in [0.25, 0.3) is 6.08 Å². The first kappa shape index (κ1) is 18.8. The molecule has 134 valence electrons. The highest BCUT2D eigenvalue weighted by Crippen LogP contribution is 2.37. The molecule has 0 fully saturated rings. The molecule has 25 heavy (non-hydrogen) atoms. The highest BCUT2D eigenvalue weighted by molar-refractivity contribution is 6.01. The van der Waals surface area contributed by atoms with Gasteiger partial charge in [0, 0.05) is 19.0 Å². The number of esters is 2. The summed E-state index contributed by atoms with van der Waals surface area (Å²) in [5, 5.41) is 3.16. The summed E-state index contributed by atoms with van der Waals surface area (Å²) in [6.45, 7) is 8.23. The number of hydrogen-bond donors (Lipinski definition) is 1. The average Bonchev–Trinajstić information content (AvgIpc) is 3.00. The van der Waals surface area contributed by atoms with E-state index in [0.29, 0.717) is 31.4 Å². The normalized spacial score (nSPS) is 13.3. The van der Waals surface area contributed by atoms with Crippen molar-refractivity contribution in [3.8, 4) is 0 Å². The first-order valence-corrected chi connectivity index (χ1v) is 8.32. The molecule has 0 spiro atoms. The van der Waals surface area contributed by atoms with E-state index in [1.807, 2.05) is 19.9 Å². The quantitative estimate of drug-likeness (QED) is 0.603. The number of cyclic esters (lactones) is 1. The minimum Gasteiger partial charge on any atom is -0.469 e. The predicted molar refractivity (Wildman–Crippen MR) is 98.6 cm³/mol. The summed E-state index contributed by atoms with van der Waals surface area (Å²) in [7, 11) is 3.20. The van der Waals surface area contributed by atoms with Crippen LogP contribution in [0.5, 0.6) is 0 Å². The monoisotopic (exact) mass is 343 g/mol. The number of allylic oxidation sites excluding steroid dienone is 2. The summed E-state index contributed by atoms with van der Waals surface area (Å²) in [6, 6.07) is 0. The van der Waals surface area contributed by atoms with Crippen LogP contribution in [0.3, 0.4) is 0 Å². The van der Waals surface area contributed by atoms with Crippen molar-refractivity contribution in [3.05, 3.63) is 46.0 Å². The lowest BCUT2D eigenvalue weighted by atomic mass is 9.89. The van der Waals surface area contributed by atoms with Gasteiger partial charge < -0.3 is 14.8 Å². The van der Waals surface area contributed by atoms with Crippen molar-refractivity contribution in [2.45, 2.75) is 39.7 Å². The molecule has 5 nitrogen and oxygen atoms in total. The standard InChI is InChI=1S/C20H25NO4/c1-6-14-13(3)16-11-25-20(23)18(16)19(21-4)15(14)9-7-12(2)8-10-17(22)24-5/h6-7,21H,1,8-11H2,2-5H3/b12-7+. The lowest BCUT2D eigenvalue weighted by Gasteiger charge is -2.18. The number of anilines is 1. The maximum atomic E-state index is 12.1.